The topological polar surface area (TPSA) is 157 Å². The maximum absolute atomic E-state index is 11.6. The van der Waals surface area contributed by atoms with E-state index in [1.165, 1.54) is 0 Å². The van der Waals surface area contributed by atoms with Crippen molar-refractivity contribution in [3.63, 3.8) is 0 Å². The van der Waals surface area contributed by atoms with Crippen LogP contribution in [0.4, 0.5) is 0 Å². The Labute approximate surface area is 196 Å². The molecule has 0 aliphatic carbocycles. The smallest absolute Gasteiger partial charge is 0.334 e. The molecule has 0 aromatic heterocycles. The minimum Gasteiger partial charge on any atom is -0.455 e. The first-order valence-electron chi connectivity index (χ1n) is 12.3. The normalized spacial score (nSPS) is 28.7. The van der Waals surface area contributed by atoms with E-state index >= 15 is 0 Å². The molecule has 2 heterocycles. The van der Waals surface area contributed by atoms with Crippen LogP contribution in [0.5, 0.6) is 0 Å². The van der Waals surface area contributed by atoms with E-state index in [0.717, 1.165) is 6.42 Å². The van der Waals surface area contributed by atoms with Gasteiger partial charge in [-0.25, -0.2) is 4.79 Å². The summed E-state index contributed by atoms with van der Waals surface area (Å²) in [5.74, 6) is -0.427. The highest BCUT2D eigenvalue weighted by atomic mass is 16.5. The summed E-state index contributed by atoms with van der Waals surface area (Å²) in [4.78, 5) is 11.6. The maximum Gasteiger partial charge on any atom is 0.334 e. The van der Waals surface area contributed by atoms with Crippen molar-refractivity contribution in [2.75, 3.05) is 0 Å². The third-order valence-corrected chi connectivity index (χ3v) is 6.55. The largest absolute Gasteiger partial charge is 0.455 e. The molecule has 2 aliphatic heterocycles. The minimum atomic E-state index is -1.04. The molecule has 0 aromatic rings. The summed E-state index contributed by atoms with van der Waals surface area (Å²) in [5.41, 5.74) is 0.432. The van der Waals surface area contributed by atoms with Gasteiger partial charge in [0.2, 0.25) is 0 Å². The van der Waals surface area contributed by atoms with Crippen molar-refractivity contribution < 1.29 is 44.9 Å². The third-order valence-electron chi connectivity index (χ3n) is 6.55. The first-order valence-corrected chi connectivity index (χ1v) is 12.3. The molecule has 6 N–H and O–H groups in total. The van der Waals surface area contributed by atoms with Gasteiger partial charge in [-0.15, -0.1) is 0 Å². The molecule has 0 aromatic carbocycles. The highest BCUT2D eigenvalue weighted by Gasteiger charge is 2.34. The van der Waals surface area contributed by atoms with Gasteiger partial charge in [-0.1, -0.05) is 13.3 Å². The van der Waals surface area contributed by atoms with Crippen molar-refractivity contribution >= 4 is 5.97 Å². The molecule has 9 heteroatoms. The van der Waals surface area contributed by atoms with E-state index in [1.807, 2.05) is 6.92 Å². The van der Waals surface area contributed by atoms with Gasteiger partial charge in [0, 0.05) is 18.4 Å². The Morgan fingerprint density at radius 2 is 1.55 bits per heavy atom. The fraction of sp³-hybridized carbons (Fsp3) is 0.875. The van der Waals surface area contributed by atoms with Gasteiger partial charge in [0.15, 0.2) is 0 Å². The molecular weight excluding hydrogens is 432 g/mol. The number of aliphatic hydroxyl groups excluding tert-OH is 6. The summed E-state index contributed by atoms with van der Waals surface area (Å²) in [6.07, 6.45) is -0.714. The van der Waals surface area contributed by atoms with Gasteiger partial charge in [-0.2, -0.15) is 0 Å². The number of cyclic esters (lactones) is 1. The van der Waals surface area contributed by atoms with Gasteiger partial charge in [0.05, 0.1) is 48.8 Å². The monoisotopic (exact) mass is 474 g/mol. The second-order valence-corrected chi connectivity index (χ2v) is 9.55. The van der Waals surface area contributed by atoms with Gasteiger partial charge in [0.1, 0.15) is 6.10 Å². The van der Waals surface area contributed by atoms with E-state index in [9.17, 15) is 35.4 Å². The van der Waals surface area contributed by atoms with Crippen molar-refractivity contribution in [1.29, 1.82) is 0 Å². The standard InChI is InChI=1S/C24H42O9/c1-3-4-18(26)19(27)8-9-21(29)23-10-6-17(33-23)13-22(30)20(28)7-5-16(25)12-15-11-14(2)32-24(15)31/h11,14,16-23,25-30H,3-10,12-13H2,1-2H3/t14-,16+,17+,18?,19?,20?,21-,22?,23+/m0/s1. The van der Waals surface area contributed by atoms with Crippen LogP contribution in [0.2, 0.25) is 0 Å². The van der Waals surface area contributed by atoms with Crippen LogP contribution in [0.15, 0.2) is 11.6 Å². The lowest BCUT2D eigenvalue weighted by Crippen LogP contribution is -2.33. The molecule has 0 saturated carbocycles. The van der Waals surface area contributed by atoms with E-state index in [4.69, 9.17) is 9.47 Å². The first-order chi connectivity index (χ1) is 15.6. The molecule has 0 amide bonds. The summed E-state index contributed by atoms with van der Waals surface area (Å²) in [7, 11) is 0. The lowest BCUT2D eigenvalue weighted by atomic mass is 9.97. The predicted molar refractivity (Wildman–Crippen MR) is 120 cm³/mol. The van der Waals surface area contributed by atoms with Gasteiger partial charge in [-0.05, 0) is 57.9 Å². The Morgan fingerprint density at radius 3 is 2.18 bits per heavy atom. The van der Waals surface area contributed by atoms with E-state index in [2.05, 4.69) is 0 Å². The number of hydrogen-bond acceptors (Lipinski definition) is 9. The van der Waals surface area contributed by atoms with Crippen LogP contribution in [0.1, 0.15) is 78.1 Å². The average Bonchev–Trinajstić information content (AvgIpc) is 3.35. The van der Waals surface area contributed by atoms with Crippen LogP contribution in [-0.4, -0.2) is 91.5 Å². The molecule has 33 heavy (non-hydrogen) atoms. The van der Waals surface area contributed by atoms with Crippen molar-refractivity contribution in [2.24, 2.45) is 0 Å². The van der Waals surface area contributed by atoms with E-state index < -0.39 is 48.7 Å². The second kappa shape index (κ2) is 13.7. The first kappa shape index (κ1) is 28.2. The van der Waals surface area contributed by atoms with Crippen LogP contribution in [0.3, 0.4) is 0 Å². The Kier molecular flexibility index (Phi) is 11.7. The van der Waals surface area contributed by atoms with Crippen molar-refractivity contribution in [3.8, 4) is 0 Å². The molecular formula is C24H42O9. The lowest BCUT2D eigenvalue weighted by Gasteiger charge is -2.24. The van der Waals surface area contributed by atoms with Gasteiger partial charge >= 0.3 is 5.97 Å². The second-order valence-electron chi connectivity index (χ2n) is 9.55. The minimum absolute atomic E-state index is 0.154. The van der Waals surface area contributed by atoms with E-state index in [-0.39, 0.29) is 44.3 Å². The summed E-state index contributed by atoms with van der Waals surface area (Å²) in [6, 6.07) is 0. The van der Waals surface area contributed by atoms with E-state index in [1.54, 1.807) is 13.0 Å². The molecule has 1 fully saturated rings. The quantitative estimate of drug-likeness (QED) is 0.188. The number of carbonyl (C=O) groups excluding carboxylic acids is 1. The maximum atomic E-state index is 11.6. The molecule has 0 spiro atoms. The molecule has 2 rings (SSSR count). The van der Waals surface area contributed by atoms with Crippen LogP contribution in [0, 0.1) is 0 Å². The number of hydrogen-bond donors (Lipinski definition) is 6. The summed E-state index contributed by atoms with van der Waals surface area (Å²) >= 11 is 0. The molecule has 192 valence electrons. The molecule has 2 aliphatic rings. The van der Waals surface area contributed by atoms with Crippen LogP contribution >= 0.6 is 0 Å². The molecule has 9 nitrogen and oxygen atoms in total. The molecule has 9 atom stereocenters. The number of ether oxygens (including phenoxy) is 2. The Hall–Kier alpha value is -1.07. The van der Waals surface area contributed by atoms with Crippen LogP contribution < -0.4 is 0 Å². The highest BCUT2D eigenvalue weighted by Crippen LogP contribution is 2.28. The zero-order chi connectivity index (χ0) is 24.5. The highest BCUT2D eigenvalue weighted by molar-refractivity contribution is 5.90. The van der Waals surface area contributed by atoms with Crippen molar-refractivity contribution in [2.45, 2.75) is 133 Å². The number of esters is 1. The molecule has 0 radical (unpaired) electrons. The average molecular weight is 475 g/mol. The summed E-state index contributed by atoms with van der Waals surface area (Å²) in [6.45, 7) is 3.67. The zero-order valence-corrected chi connectivity index (χ0v) is 19.8. The van der Waals surface area contributed by atoms with Gasteiger partial charge in [0.25, 0.3) is 0 Å². The van der Waals surface area contributed by atoms with Crippen molar-refractivity contribution in [1.82, 2.24) is 0 Å². The fourth-order valence-electron chi connectivity index (χ4n) is 4.52. The number of carbonyl (C=O) groups is 1. The number of aliphatic hydroxyl groups is 6. The fourth-order valence-corrected chi connectivity index (χ4v) is 4.52. The Bertz CT molecular complexity index is 625. The van der Waals surface area contributed by atoms with Gasteiger partial charge < -0.3 is 40.1 Å². The van der Waals surface area contributed by atoms with Crippen LogP contribution in [-0.2, 0) is 14.3 Å². The van der Waals surface area contributed by atoms with Crippen molar-refractivity contribution in [3.05, 3.63) is 11.6 Å². The zero-order valence-electron chi connectivity index (χ0n) is 19.8. The lowest BCUT2D eigenvalue weighted by molar-refractivity contribution is -0.139. The summed E-state index contributed by atoms with van der Waals surface area (Å²) < 4.78 is 10.8. The Morgan fingerprint density at radius 1 is 0.909 bits per heavy atom. The van der Waals surface area contributed by atoms with E-state index in [0.29, 0.717) is 31.3 Å². The molecule has 0 bridgehead atoms. The number of rotatable bonds is 15. The van der Waals surface area contributed by atoms with Crippen LogP contribution in [0.25, 0.3) is 0 Å². The third kappa shape index (κ3) is 9.24. The summed E-state index contributed by atoms with van der Waals surface area (Å²) in [5, 5.41) is 60.9. The predicted octanol–water partition coefficient (Wildman–Crippen LogP) is 0.712. The molecule has 4 unspecified atom stereocenters. The van der Waals surface area contributed by atoms with Gasteiger partial charge in [-0.3, -0.25) is 0 Å². The SMILES string of the molecule is CCCC(O)C(O)CC[C@H](O)[C@H]1CC[C@H](CC(O)C(O)CC[C@@H](O)CC2=C[C@H](C)OC2=O)O1. The molecule has 1 saturated heterocycles. The Balaban J connectivity index is 1.65.